The number of benzene rings is 1. The number of carbonyl (C=O) groups excluding carboxylic acids is 1. The minimum Gasteiger partial charge on any atom is -0.389 e. The number of hydrogen-bond acceptors (Lipinski definition) is 8. The molecule has 1 aliphatic heterocycles. The van der Waals surface area contributed by atoms with E-state index in [4.69, 9.17) is 11.5 Å². The van der Waals surface area contributed by atoms with Crippen molar-refractivity contribution in [3.63, 3.8) is 0 Å². The van der Waals surface area contributed by atoms with E-state index in [1.54, 1.807) is 6.20 Å². The third-order valence-corrected chi connectivity index (χ3v) is 6.44. The second kappa shape index (κ2) is 8.01. The van der Waals surface area contributed by atoms with Crippen LogP contribution in [0.15, 0.2) is 24.4 Å². The minimum absolute atomic E-state index is 0.0111. The molecule has 3 aromatic rings. The van der Waals surface area contributed by atoms with Gasteiger partial charge in [-0.3, -0.25) is 4.79 Å². The summed E-state index contributed by atoms with van der Waals surface area (Å²) >= 11 is 2.13. The molecule has 3 heterocycles. The number of halogens is 2. The highest BCUT2D eigenvalue weighted by atomic mass is 32.1. The molecule has 5 N–H and O–H groups in total. The number of hydrogen-bond donors (Lipinski definition) is 3. The van der Waals surface area contributed by atoms with Crippen LogP contribution in [0.4, 0.5) is 24.5 Å². The zero-order chi connectivity index (χ0) is 20.5. The van der Waals surface area contributed by atoms with Crippen molar-refractivity contribution in [3.8, 4) is 10.6 Å². The number of nitrogens with two attached hydrogens (primary N) is 2. The molecule has 1 aliphatic rings. The molecule has 1 saturated heterocycles. The summed E-state index contributed by atoms with van der Waals surface area (Å²) in [5, 5.41) is 3.68. The van der Waals surface area contributed by atoms with Gasteiger partial charge in [0.2, 0.25) is 0 Å². The second-order valence-corrected chi connectivity index (χ2v) is 8.46. The summed E-state index contributed by atoms with van der Waals surface area (Å²) < 4.78 is 32.2. The van der Waals surface area contributed by atoms with Gasteiger partial charge in [0.1, 0.15) is 26.6 Å². The summed E-state index contributed by atoms with van der Waals surface area (Å²) in [6.07, 6.45) is 3.29. The van der Waals surface area contributed by atoms with Gasteiger partial charge < -0.3 is 21.7 Å². The van der Waals surface area contributed by atoms with E-state index in [9.17, 15) is 13.6 Å². The lowest BCUT2D eigenvalue weighted by molar-refractivity contribution is 0.102. The SMILES string of the molecule is Nc1sc(-c2c(F)cccc2F)nc1C(=O)Nc1cnsc1N1CCC(N)CC1. The van der Waals surface area contributed by atoms with Gasteiger partial charge in [-0.2, -0.15) is 4.37 Å². The van der Waals surface area contributed by atoms with Crippen LogP contribution in [0.25, 0.3) is 10.6 Å². The van der Waals surface area contributed by atoms with Gasteiger partial charge in [0.05, 0.1) is 17.4 Å². The Bertz CT molecular complexity index is 1020. The monoisotopic (exact) mass is 436 g/mol. The fourth-order valence-electron chi connectivity index (χ4n) is 3.13. The van der Waals surface area contributed by atoms with Crippen molar-refractivity contribution in [2.24, 2.45) is 5.73 Å². The second-order valence-electron chi connectivity index (χ2n) is 6.65. The van der Waals surface area contributed by atoms with Crippen molar-refractivity contribution in [2.45, 2.75) is 18.9 Å². The van der Waals surface area contributed by atoms with Gasteiger partial charge >= 0.3 is 0 Å². The standard InChI is InChI=1S/C18H18F2N6OS2/c19-10-2-1-3-11(20)13(10)17-25-14(15(22)28-17)16(27)24-12-8-23-29-18(12)26-6-4-9(21)5-7-26/h1-3,8-9H,4-7,21-22H2,(H,24,27). The summed E-state index contributed by atoms with van der Waals surface area (Å²) in [6.45, 7) is 1.56. The van der Waals surface area contributed by atoms with Crippen LogP contribution in [0.2, 0.25) is 0 Å². The quantitative estimate of drug-likeness (QED) is 0.579. The largest absolute Gasteiger partial charge is 0.389 e. The maximum Gasteiger partial charge on any atom is 0.277 e. The number of amides is 1. The third kappa shape index (κ3) is 3.93. The molecule has 0 bridgehead atoms. The van der Waals surface area contributed by atoms with E-state index in [-0.39, 0.29) is 27.3 Å². The number of carbonyl (C=O) groups is 1. The fourth-order valence-corrected chi connectivity index (χ4v) is 4.77. The highest BCUT2D eigenvalue weighted by Crippen LogP contribution is 2.35. The summed E-state index contributed by atoms with van der Waals surface area (Å²) in [5.41, 5.74) is 12.0. The number of aromatic nitrogens is 2. The lowest BCUT2D eigenvalue weighted by Crippen LogP contribution is -2.39. The Morgan fingerprint density at radius 1 is 1.24 bits per heavy atom. The Morgan fingerprint density at radius 2 is 1.93 bits per heavy atom. The van der Waals surface area contributed by atoms with Crippen molar-refractivity contribution in [1.82, 2.24) is 9.36 Å². The van der Waals surface area contributed by atoms with Gasteiger partial charge in [-0.15, -0.1) is 0 Å². The average Bonchev–Trinajstić information content (AvgIpc) is 3.29. The molecule has 0 atom stereocenters. The lowest BCUT2D eigenvalue weighted by Gasteiger charge is -2.31. The third-order valence-electron chi connectivity index (χ3n) is 4.67. The van der Waals surface area contributed by atoms with Crippen LogP contribution in [-0.4, -0.2) is 34.4 Å². The van der Waals surface area contributed by atoms with Crippen molar-refractivity contribution < 1.29 is 13.6 Å². The zero-order valence-corrected chi connectivity index (χ0v) is 16.8. The molecule has 1 aromatic carbocycles. The molecule has 0 saturated carbocycles. The summed E-state index contributed by atoms with van der Waals surface area (Å²) in [7, 11) is 0. The number of thiazole rings is 1. The molecule has 0 aliphatic carbocycles. The van der Waals surface area contributed by atoms with Crippen LogP contribution in [0.5, 0.6) is 0 Å². The highest BCUT2D eigenvalue weighted by Gasteiger charge is 2.24. The van der Waals surface area contributed by atoms with E-state index in [0.29, 0.717) is 5.69 Å². The van der Waals surface area contributed by atoms with Crippen molar-refractivity contribution in [2.75, 3.05) is 29.0 Å². The maximum atomic E-state index is 14.0. The van der Waals surface area contributed by atoms with Gasteiger partial charge in [0.25, 0.3) is 5.91 Å². The number of rotatable bonds is 4. The molecule has 2 aromatic heterocycles. The molecule has 0 spiro atoms. The van der Waals surface area contributed by atoms with E-state index in [2.05, 4.69) is 19.6 Å². The van der Waals surface area contributed by atoms with E-state index in [0.717, 1.165) is 54.4 Å². The fraction of sp³-hybridized carbons (Fsp3) is 0.278. The van der Waals surface area contributed by atoms with Gasteiger partial charge in [0.15, 0.2) is 5.69 Å². The minimum atomic E-state index is -0.765. The molecule has 152 valence electrons. The molecule has 29 heavy (non-hydrogen) atoms. The number of nitrogens with one attached hydrogen (secondary N) is 1. The predicted octanol–water partition coefficient (Wildman–Crippen LogP) is 3.31. The van der Waals surface area contributed by atoms with Crippen molar-refractivity contribution >= 4 is 44.5 Å². The van der Waals surface area contributed by atoms with E-state index in [1.165, 1.54) is 17.6 Å². The number of nitrogens with zero attached hydrogens (tertiary/aromatic N) is 3. The number of nitrogen functional groups attached to an aromatic ring is 1. The Morgan fingerprint density at radius 3 is 2.62 bits per heavy atom. The molecular weight excluding hydrogens is 418 g/mol. The topological polar surface area (TPSA) is 110 Å². The Balaban J connectivity index is 1.56. The molecule has 0 unspecified atom stereocenters. The van der Waals surface area contributed by atoms with Crippen LogP contribution in [0.1, 0.15) is 23.3 Å². The molecule has 4 rings (SSSR count). The highest BCUT2D eigenvalue weighted by molar-refractivity contribution is 7.19. The van der Waals surface area contributed by atoms with Crippen LogP contribution in [-0.2, 0) is 0 Å². The van der Waals surface area contributed by atoms with E-state index in [1.807, 2.05) is 0 Å². The lowest BCUT2D eigenvalue weighted by atomic mass is 10.1. The zero-order valence-electron chi connectivity index (χ0n) is 15.2. The van der Waals surface area contributed by atoms with Crippen LogP contribution in [0.3, 0.4) is 0 Å². The summed E-state index contributed by atoms with van der Waals surface area (Å²) in [6, 6.07) is 3.70. The van der Waals surface area contributed by atoms with E-state index < -0.39 is 17.5 Å². The smallest absolute Gasteiger partial charge is 0.277 e. The predicted molar refractivity (Wildman–Crippen MR) is 111 cm³/mol. The van der Waals surface area contributed by atoms with Gasteiger partial charge in [-0.25, -0.2) is 13.8 Å². The Hall–Kier alpha value is -2.63. The Labute approximate surface area is 173 Å². The first-order chi connectivity index (χ1) is 13.9. The van der Waals surface area contributed by atoms with Gasteiger partial charge in [-0.05, 0) is 36.5 Å². The first kappa shape index (κ1) is 19.7. The van der Waals surface area contributed by atoms with Crippen LogP contribution < -0.4 is 21.7 Å². The first-order valence-corrected chi connectivity index (χ1v) is 10.5. The molecular formula is C18H18F2N6OS2. The number of anilines is 3. The molecule has 1 fully saturated rings. The molecule has 7 nitrogen and oxygen atoms in total. The van der Waals surface area contributed by atoms with E-state index >= 15 is 0 Å². The van der Waals surface area contributed by atoms with Crippen LogP contribution in [0, 0.1) is 11.6 Å². The number of piperidine rings is 1. The van der Waals surface area contributed by atoms with Crippen molar-refractivity contribution in [3.05, 3.63) is 41.7 Å². The molecule has 11 heteroatoms. The maximum absolute atomic E-state index is 14.0. The Kier molecular flexibility index (Phi) is 5.43. The average molecular weight is 437 g/mol. The van der Waals surface area contributed by atoms with Gasteiger partial charge in [0, 0.05) is 19.1 Å². The first-order valence-electron chi connectivity index (χ1n) is 8.91. The summed E-state index contributed by atoms with van der Waals surface area (Å²) in [5.74, 6) is -2.09. The molecule has 1 amide bonds. The van der Waals surface area contributed by atoms with Crippen molar-refractivity contribution in [1.29, 1.82) is 0 Å². The normalized spacial score (nSPS) is 14.9. The van der Waals surface area contributed by atoms with Gasteiger partial charge in [-0.1, -0.05) is 17.4 Å². The van der Waals surface area contributed by atoms with Crippen LogP contribution >= 0.6 is 22.9 Å². The molecule has 0 radical (unpaired) electrons. The summed E-state index contributed by atoms with van der Waals surface area (Å²) in [4.78, 5) is 19.0.